The van der Waals surface area contributed by atoms with Crippen molar-refractivity contribution in [3.8, 4) is 0 Å². The lowest BCUT2D eigenvalue weighted by atomic mass is 9.78. The molecule has 1 amide bonds. The lowest BCUT2D eigenvalue weighted by Crippen LogP contribution is -2.39. The number of allylic oxidation sites excluding steroid dienone is 1. The molecule has 0 saturated carbocycles. The molecule has 3 aromatic carbocycles. The minimum atomic E-state index is -1.31. The Morgan fingerprint density at radius 2 is 1.59 bits per heavy atom. The number of para-hydroxylation sites is 2. The molecule has 1 aliphatic carbocycles. The topological polar surface area (TPSA) is 92.8 Å². The van der Waals surface area contributed by atoms with Crippen molar-refractivity contribution >= 4 is 34.7 Å². The number of benzene rings is 3. The van der Waals surface area contributed by atoms with Crippen LogP contribution < -0.4 is 20.2 Å². The highest BCUT2D eigenvalue weighted by Crippen LogP contribution is 2.47. The van der Waals surface area contributed by atoms with Gasteiger partial charge in [0.25, 0.3) is 0 Å². The molecule has 0 spiro atoms. The van der Waals surface area contributed by atoms with Crippen molar-refractivity contribution in [1.29, 1.82) is 0 Å². The minimum absolute atomic E-state index is 0.114. The summed E-state index contributed by atoms with van der Waals surface area (Å²) in [6.07, 6.45) is 0.0124. The van der Waals surface area contributed by atoms with E-state index in [-0.39, 0.29) is 30.4 Å². The molecule has 2 atom stereocenters. The number of anilines is 3. The van der Waals surface area contributed by atoms with Crippen molar-refractivity contribution in [3.05, 3.63) is 101 Å². The first-order valence-electron chi connectivity index (χ1n) is 14.0. The number of carboxylic acid groups (broad SMARTS) is 1. The normalized spacial score (nSPS) is 18.2. The van der Waals surface area contributed by atoms with E-state index >= 15 is 0 Å². The van der Waals surface area contributed by atoms with Crippen LogP contribution in [0.1, 0.15) is 62.6 Å². The van der Waals surface area contributed by atoms with Gasteiger partial charge in [-0.25, -0.2) is 4.39 Å². The van der Waals surface area contributed by atoms with E-state index in [0.29, 0.717) is 29.1 Å². The number of Topliss-reactive ketones (excluding diaryl/α,β-unsaturated/α-hetero) is 1. The second kappa shape index (κ2) is 12.0. The Morgan fingerprint density at radius 3 is 2.24 bits per heavy atom. The van der Waals surface area contributed by atoms with Crippen LogP contribution in [0.2, 0.25) is 0 Å². The van der Waals surface area contributed by atoms with Crippen molar-refractivity contribution in [2.45, 2.75) is 51.5 Å². The molecule has 0 radical (unpaired) electrons. The standard InChI is InChI=1S/C33H34FN3O4/c1-3-36(4-2)25-15-11-22(12-16-25)33-32-27(19-23(20-29(32)38)21-9-13-24(34)14-10-21)35-26-7-5-6-8-28(26)37(33)30(39)17-18-31(40)41/h5-16,23,33,35H,3-4,17-20H2,1-2H3,(H,40,41)/p-1/t23-,33+/m1/s1. The number of halogens is 1. The summed E-state index contributed by atoms with van der Waals surface area (Å²) in [4.78, 5) is 42.9. The van der Waals surface area contributed by atoms with Crippen LogP contribution in [-0.2, 0) is 14.4 Å². The van der Waals surface area contributed by atoms with Gasteiger partial charge in [0, 0.05) is 48.9 Å². The summed E-state index contributed by atoms with van der Waals surface area (Å²) in [5.74, 6) is -2.33. The molecule has 1 heterocycles. The van der Waals surface area contributed by atoms with Crippen LogP contribution in [0, 0.1) is 5.82 Å². The number of rotatable bonds is 8. The van der Waals surface area contributed by atoms with Gasteiger partial charge in [0.05, 0.1) is 17.4 Å². The number of carbonyl (C=O) groups excluding carboxylic acids is 3. The molecule has 0 aromatic heterocycles. The van der Waals surface area contributed by atoms with Gasteiger partial charge in [-0.2, -0.15) is 0 Å². The Labute approximate surface area is 239 Å². The maximum atomic E-state index is 14.0. The molecule has 0 unspecified atom stereocenters. The smallest absolute Gasteiger partial charge is 0.228 e. The summed E-state index contributed by atoms with van der Waals surface area (Å²) in [6.45, 7) is 5.84. The highest BCUT2D eigenvalue weighted by molar-refractivity contribution is 6.06. The van der Waals surface area contributed by atoms with Crippen molar-refractivity contribution < 1.29 is 23.9 Å². The van der Waals surface area contributed by atoms with Gasteiger partial charge in [-0.3, -0.25) is 14.5 Å². The number of hydrogen-bond acceptors (Lipinski definition) is 6. The average molecular weight is 555 g/mol. The van der Waals surface area contributed by atoms with E-state index < -0.39 is 24.3 Å². The van der Waals surface area contributed by atoms with Gasteiger partial charge >= 0.3 is 0 Å². The third-order valence-corrected chi connectivity index (χ3v) is 7.98. The van der Waals surface area contributed by atoms with E-state index in [2.05, 4.69) is 24.1 Å². The van der Waals surface area contributed by atoms with Crippen molar-refractivity contribution in [3.63, 3.8) is 0 Å². The zero-order valence-electron chi connectivity index (χ0n) is 23.2. The van der Waals surface area contributed by atoms with Crippen LogP contribution >= 0.6 is 0 Å². The number of nitrogens with zero attached hydrogens (tertiary/aromatic N) is 2. The summed E-state index contributed by atoms with van der Waals surface area (Å²) in [5.41, 5.74) is 5.05. The van der Waals surface area contributed by atoms with Crippen molar-refractivity contribution in [2.24, 2.45) is 0 Å². The quantitative estimate of drug-likeness (QED) is 0.417. The molecule has 0 saturated heterocycles. The van der Waals surface area contributed by atoms with Gasteiger partial charge in [-0.05, 0) is 80.1 Å². The van der Waals surface area contributed by atoms with E-state index in [0.717, 1.165) is 29.9 Å². The number of fused-ring (bicyclic) bond motifs is 1. The number of carbonyl (C=O) groups is 3. The summed E-state index contributed by atoms with van der Waals surface area (Å²) in [5, 5.41) is 14.8. The second-order valence-corrected chi connectivity index (χ2v) is 10.4. The van der Waals surface area contributed by atoms with E-state index in [9.17, 15) is 23.9 Å². The molecule has 1 N–H and O–H groups in total. The van der Waals surface area contributed by atoms with Crippen molar-refractivity contribution in [2.75, 3.05) is 28.2 Å². The molecular weight excluding hydrogens is 521 g/mol. The van der Waals surface area contributed by atoms with Gasteiger partial charge in [0.1, 0.15) is 5.82 Å². The van der Waals surface area contributed by atoms with Crippen LogP contribution in [0.15, 0.2) is 84.1 Å². The Balaban J connectivity index is 1.66. The predicted molar refractivity (Wildman–Crippen MR) is 155 cm³/mol. The predicted octanol–water partition coefficient (Wildman–Crippen LogP) is 5.10. The Bertz CT molecular complexity index is 1480. The number of hydrogen-bond donors (Lipinski definition) is 1. The zero-order chi connectivity index (χ0) is 29.1. The largest absolute Gasteiger partial charge is 0.550 e. The molecule has 1 aliphatic heterocycles. The highest BCUT2D eigenvalue weighted by Gasteiger charge is 2.41. The summed E-state index contributed by atoms with van der Waals surface area (Å²) < 4.78 is 13.6. The van der Waals surface area contributed by atoms with Gasteiger partial charge in [0.2, 0.25) is 5.91 Å². The fourth-order valence-corrected chi connectivity index (χ4v) is 5.94. The second-order valence-electron chi connectivity index (χ2n) is 10.4. The number of amides is 1. The lowest BCUT2D eigenvalue weighted by molar-refractivity contribution is -0.305. The summed E-state index contributed by atoms with van der Waals surface area (Å²) in [6, 6.07) is 20.6. The monoisotopic (exact) mass is 554 g/mol. The fraction of sp³-hybridized carbons (Fsp3) is 0.303. The van der Waals surface area contributed by atoms with E-state index in [1.807, 2.05) is 42.5 Å². The minimum Gasteiger partial charge on any atom is -0.550 e. The van der Waals surface area contributed by atoms with E-state index in [1.54, 1.807) is 23.1 Å². The molecule has 8 heteroatoms. The molecule has 41 heavy (non-hydrogen) atoms. The van der Waals surface area contributed by atoms with Crippen LogP contribution in [0.5, 0.6) is 0 Å². The number of carboxylic acids is 1. The maximum Gasteiger partial charge on any atom is 0.228 e. The van der Waals surface area contributed by atoms with Crippen LogP contribution in [0.4, 0.5) is 21.5 Å². The molecular formula is C33H33FN3O4-. The third kappa shape index (κ3) is 5.73. The average Bonchev–Trinajstić information content (AvgIpc) is 3.12. The molecule has 0 fully saturated rings. The van der Waals surface area contributed by atoms with Crippen LogP contribution in [0.3, 0.4) is 0 Å². The molecule has 2 aliphatic rings. The fourth-order valence-electron chi connectivity index (χ4n) is 5.94. The Kier molecular flexibility index (Phi) is 8.19. The number of nitrogens with one attached hydrogen (secondary N) is 1. The molecule has 7 nitrogen and oxygen atoms in total. The summed E-state index contributed by atoms with van der Waals surface area (Å²) >= 11 is 0. The van der Waals surface area contributed by atoms with Gasteiger partial charge < -0.3 is 20.1 Å². The molecule has 212 valence electrons. The zero-order valence-corrected chi connectivity index (χ0v) is 23.2. The van der Waals surface area contributed by atoms with Gasteiger partial charge in [-0.15, -0.1) is 0 Å². The Hall–Kier alpha value is -4.46. The van der Waals surface area contributed by atoms with E-state index in [4.69, 9.17) is 0 Å². The lowest BCUT2D eigenvalue weighted by Gasteiger charge is -2.35. The molecule has 3 aromatic rings. The maximum absolute atomic E-state index is 14.0. The first-order valence-corrected chi connectivity index (χ1v) is 14.0. The number of aliphatic carboxylic acids is 1. The van der Waals surface area contributed by atoms with E-state index in [1.165, 1.54) is 12.1 Å². The number of ketones is 1. The Morgan fingerprint density at radius 1 is 0.927 bits per heavy atom. The van der Waals surface area contributed by atoms with Gasteiger partial charge in [0.15, 0.2) is 5.78 Å². The first kappa shape index (κ1) is 28.1. The molecule has 5 rings (SSSR count). The highest BCUT2D eigenvalue weighted by atomic mass is 19.1. The van der Waals surface area contributed by atoms with Crippen LogP contribution in [-0.4, -0.2) is 30.7 Å². The van der Waals surface area contributed by atoms with Gasteiger partial charge in [-0.1, -0.05) is 36.4 Å². The summed E-state index contributed by atoms with van der Waals surface area (Å²) in [7, 11) is 0. The SMILES string of the molecule is CCN(CC)c1ccc([C@H]2C3=C(C[C@@H](c4ccc(F)cc4)CC3=O)Nc3ccccc3N2C(=O)CCC(=O)[O-])cc1. The third-order valence-electron chi connectivity index (χ3n) is 7.98. The molecule has 0 bridgehead atoms. The van der Waals surface area contributed by atoms with Crippen LogP contribution in [0.25, 0.3) is 0 Å². The van der Waals surface area contributed by atoms with Crippen molar-refractivity contribution in [1.82, 2.24) is 0 Å². The first-order chi connectivity index (χ1) is 19.8.